The molecule has 0 radical (unpaired) electrons. The summed E-state index contributed by atoms with van der Waals surface area (Å²) >= 11 is 0. The van der Waals surface area contributed by atoms with Crippen molar-refractivity contribution < 1.29 is 28.5 Å². The van der Waals surface area contributed by atoms with Gasteiger partial charge < -0.3 is 18.9 Å². The van der Waals surface area contributed by atoms with Gasteiger partial charge in [0, 0.05) is 0 Å². The summed E-state index contributed by atoms with van der Waals surface area (Å²) in [5, 5.41) is 0. The second-order valence-electron chi connectivity index (χ2n) is 13.6. The maximum atomic E-state index is 13.2. The lowest BCUT2D eigenvalue weighted by Crippen LogP contribution is -2.33. The second kappa shape index (κ2) is 25.0. The summed E-state index contributed by atoms with van der Waals surface area (Å²) < 4.78 is 23.5. The van der Waals surface area contributed by atoms with Crippen molar-refractivity contribution in [2.75, 3.05) is 19.8 Å². The zero-order chi connectivity index (χ0) is 34.1. The standard InChI is InChI=1S/C42H64O6/c1-3-5-7-9-11-13-15-20-32-45-38-28-24-36(25-29-38)41(43)47-34-40(35-22-18-17-19-23-35)48-42(44)37-26-30-39(31-27-37)46-33-21-16-14-12-10-8-6-4-2/h24-31,35,40H,3-23,32-34H2,1-2H3. The number of esters is 2. The average Bonchev–Trinajstić information content (AvgIpc) is 3.12. The Morgan fingerprint density at radius 1 is 0.562 bits per heavy atom. The second-order valence-corrected chi connectivity index (χ2v) is 13.6. The molecule has 1 aliphatic carbocycles. The molecule has 1 fully saturated rings. The largest absolute Gasteiger partial charge is 0.494 e. The van der Waals surface area contributed by atoms with E-state index < -0.39 is 18.0 Å². The molecule has 0 aromatic heterocycles. The molecular weight excluding hydrogens is 600 g/mol. The van der Waals surface area contributed by atoms with Crippen molar-refractivity contribution in [1.29, 1.82) is 0 Å². The zero-order valence-corrected chi connectivity index (χ0v) is 30.2. The molecule has 0 spiro atoms. The minimum absolute atomic E-state index is 0.0474. The Kier molecular flexibility index (Phi) is 20.5. The van der Waals surface area contributed by atoms with Crippen LogP contribution in [0.15, 0.2) is 48.5 Å². The highest BCUT2D eigenvalue weighted by molar-refractivity contribution is 5.90. The summed E-state index contributed by atoms with van der Waals surface area (Å²) in [5.74, 6) is 0.885. The molecule has 1 aliphatic rings. The fourth-order valence-electron chi connectivity index (χ4n) is 6.45. The van der Waals surface area contributed by atoms with Crippen LogP contribution in [0.2, 0.25) is 0 Å². The van der Waals surface area contributed by atoms with Gasteiger partial charge in [-0.1, -0.05) is 123 Å². The van der Waals surface area contributed by atoms with E-state index in [9.17, 15) is 9.59 Å². The van der Waals surface area contributed by atoms with Crippen molar-refractivity contribution >= 4 is 11.9 Å². The third-order valence-corrected chi connectivity index (χ3v) is 9.53. The van der Waals surface area contributed by atoms with Crippen molar-refractivity contribution in [3.8, 4) is 11.5 Å². The van der Waals surface area contributed by atoms with Crippen LogP contribution in [0.4, 0.5) is 0 Å². The van der Waals surface area contributed by atoms with Crippen molar-refractivity contribution in [1.82, 2.24) is 0 Å². The molecule has 0 saturated heterocycles. The van der Waals surface area contributed by atoms with E-state index in [4.69, 9.17) is 18.9 Å². The van der Waals surface area contributed by atoms with E-state index in [1.54, 1.807) is 24.3 Å². The normalized spacial score (nSPS) is 14.0. The fraction of sp³-hybridized carbons (Fsp3) is 0.667. The number of benzene rings is 2. The molecule has 48 heavy (non-hydrogen) atoms. The number of unbranched alkanes of at least 4 members (excludes halogenated alkanes) is 14. The van der Waals surface area contributed by atoms with Crippen molar-refractivity contribution in [2.24, 2.45) is 5.92 Å². The number of carbonyl (C=O) groups excluding carboxylic acids is 2. The minimum atomic E-state index is -0.478. The van der Waals surface area contributed by atoms with E-state index in [-0.39, 0.29) is 12.5 Å². The topological polar surface area (TPSA) is 71.1 Å². The summed E-state index contributed by atoms with van der Waals surface area (Å²) in [7, 11) is 0. The molecule has 2 aromatic carbocycles. The highest BCUT2D eigenvalue weighted by Crippen LogP contribution is 2.29. The molecule has 0 N–H and O–H groups in total. The average molecular weight is 665 g/mol. The van der Waals surface area contributed by atoms with Gasteiger partial charge in [0.05, 0.1) is 24.3 Å². The van der Waals surface area contributed by atoms with Gasteiger partial charge in [-0.25, -0.2) is 9.59 Å². The van der Waals surface area contributed by atoms with Gasteiger partial charge in [-0.05, 0) is 80.1 Å². The molecule has 3 rings (SSSR count). The third kappa shape index (κ3) is 16.4. The Morgan fingerprint density at radius 3 is 1.44 bits per heavy atom. The first-order chi connectivity index (χ1) is 23.6. The van der Waals surface area contributed by atoms with E-state index in [1.165, 1.54) is 96.3 Å². The first kappa shape index (κ1) is 39.4. The maximum Gasteiger partial charge on any atom is 0.338 e. The van der Waals surface area contributed by atoms with Crippen molar-refractivity contribution in [3.05, 3.63) is 59.7 Å². The zero-order valence-electron chi connectivity index (χ0n) is 30.2. The summed E-state index contributed by atoms with van der Waals surface area (Å²) in [5.41, 5.74) is 0.940. The molecule has 6 heteroatoms. The van der Waals surface area contributed by atoms with E-state index in [0.717, 1.165) is 50.0 Å². The smallest absolute Gasteiger partial charge is 0.338 e. The molecular formula is C42H64O6. The van der Waals surface area contributed by atoms with Crippen LogP contribution < -0.4 is 9.47 Å². The Morgan fingerprint density at radius 2 is 0.979 bits per heavy atom. The van der Waals surface area contributed by atoms with Crippen LogP contribution in [-0.2, 0) is 9.47 Å². The number of hydrogen-bond acceptors (Lipinski definition) is 6. The molecule has 2 aromatic rings. The van der Waals surface area contributed by atoms with Crippen LogP contribution in [0.25, 0.3) is 0 Å². The highest BCUT2D eigenvalue weighted by atomic mass is 16.6. The summed E-state index contributed by atoms with van der Waals surface area (Å²) in [6, 6.07) is 14.3. The Labute approximate surface area is 291 Å². The molecule has 0 heterocycles. The Bertz CT molecular complexity index is 1110. The van der Waals surface area contributed by atoms with E-state index in [1.807, 2.05) is 24.3 Å². The number of rotatable bonds is 26. The summed E-state index contributed by atoms with van der Waals surface area (Å²) in [6.07, 6.45) is 25.0. The SMILES string of the molecule is CCCCCCCCCCOc1ccc(C(=O)OCC(OC(=O)c2ccc(OCCCCCCCCCC)cc2)C2CCCCC2)cc1. The van der Waals surface area contributed by atoms with Gasteiger partial charge in [0.15, 0.2) is 0 Å². The van der Waals surface area contributed by atoms with Gasteiger partial charge in [0.1, 0.15) is 24.2 Å². The molecule has 0 bridgehead atoms. The molecule has 0 aliphatic heterocycles. The van der Waals surface area contributed by atoms with Crippen molar-refractivity contribution in [3.63, 3.8) is 0 Å². The van der Waals surface area contributed by atoms with Gasteiger partial charge in [-0.15, -0.1) is 0 Å². The van der Waals surface area contributed by atoms with Crippen LogP contribution in [-0.4, -0.2) is 37.9 Å². The predicted octanol–water partition coefficient (Wildman–Crippen LogP) is 11.7. The molecule has 1 saturated carbocycles. The van der Waals surface area contributed by atoms with E-state index in [2.05, 4.69) is 13.8 Å². The van der Waals surface area contributed by atoms with Crippen molar-refractivity contribution in [2.45, 2.75) is 155 Å². The predicted molar refractivity (Wildman–Crippen MR) is 195 cm³/mol. The van der Waals surface area contributed by atoms with Gasteiger partial charge in [0.2, 0.25) is 0 Å². The van der Waals surface area contributed by atoms with Gasteiger partial charge in [-0.3, -0.25) is 0 Å². The van der Waals surface area contributed by atoms with Gasteiger partial charge in [-0.2, -0.15) is 0 Å². The number of ether oxygens (including phenoxy) is 4. The van der Waals surface area contributed by atoms with Gasteiger partial charge >= 0.3 is 11.9 Å². The molecule has 1 atom stereocenters. The van der Waals surface area contributed by atoms with Crippen LogP contribution in [0, 0.1) is 5.92 Å². The van der Waals surface area contributed by atoms with Crippen LogP contribution in [0.5, 0.6) is 11.5 Å². The first-order valence-electron chi connectivity index (χ1n) is 19.4. The number of carbonyl (C=O) groups is 2. The Balaban J connectivity index is 1.39. The minimum Gasteiger partial charge on any atom is -0.494 e. The molecule has 268 valence electrons. The summed E-state index contributed by atoms with van der Waals surface area (Å²) in [6.45, 7) is 5.91. The number of hydrogen-bond donors (Lipinski definition) is 0. The van der Waals surface area contributed by atoms with Gasteiger partial charge in [0.25, 0.3) is 0 Å². The van der Waals surface area contributed by atoms with Crippen LogP contribution in [0.1, 0.15) is 169 Å². The van der Waals surface area contributed by atoms with Crippen LogP contribution in [0.3, 0.4) is 0 Å². The Hall–Kier alpha value is -3.02. The van der Waals surface area contributed by atoms with E-state index >= 15 is 0 Å². The van der Waals surface area contributed by atoms with Crippen LogP contribution >= 0.6 is 0 Å². The molecule has 6 nitrogen and oxygen atoms in total. The lowest BCUT2D eigenvalue weighted by atomic mass is 9.85. The monoisotopic (exact) mass is 664 g/mol. The quantitative estimate of drug-likeness (QED) is 0.0736. The van der Waals surface area contributed by atoms with E-state index in [0.29, 0.717) is 24.3 Å². The molecule has 0 amide bonds. The summed E-state index contributed by atoms with van der Waals surface area (Å²) in [4.78, 5) is 26.1. The maximum absolute atomic E-state index is 13.2. The lowest BCUT2D eigenvalue weighted by Gasteiger charge is -2.29. The fourth-order valence-corrected chi connectivity index (χ4v) is 6.45. The first-order valence-corrected chi connectivity index (χ1v) is 19.4. The third-order valence-electron chi connectivity index (χ3n) is 9.53. The lowest BCUT2D eigenvalue weighted by molar-refractivity contribution is -0.0247. The molecule has 1 unspecified atom stereocenters. The highest BCUT2D eigenvalue weighted by Gasteiger charge is 2.29.